The van der Waals surface area contributed by atoms with Crippen LogP contribution < -0.4 is 0 Å². The Labute approximate surface area is 92.4 Å². The SMILES string of the molecule is CCOC(O)C[C@@H]1C[C@@H](CC)[C@@H](CO)C1. The Hall–Kier alpha value is -0.120. The molecule has 0 aromatic heterocycles. The lowest BCUT2D eigenvalue weighted by Gasteiger charge is -2.15. The first-order valence-electron chi connectivity index (χ1n) is 6.11. The molecule has 4 atom stereocenters. The molecule has 0 spiro atoms. The molecule has 1 aliphatic rings. The summed E-state index contributed by atoms with van der Waals surface area (Å²) in [7, 11) is 0. The standard InChI is InChI=1S/C12H24O3/c1-3-10-5-9(6-11(10)8-13)7-12(14)15-4-2/h9-14H,3-8H2,1-2H3/t9-,10-,11-,12?/m1/s1. The van der Waals surface area contributed by atoms with E-state index in [-0.39, 0.29) is 0 Å². The number of ether oxygens (including phenoxy) is 1. The molecule has 3 nitrogen and oxygen atoms in total. The topological polar surface area (TPSA) is 49.7 Å². The first kappa shape index (κ1) is 12.9. The third-order valence-electron chi connectivity index (χ3n) is 3.59. The predicted molar refractivity (Wildman–Crippen MR) is 59.3 cm³/mol. The third kappa shape index (κ3) is 3.74. The van der Waals surface area contributed by atoms with Crippen LogP contribution in [0.25, 0.3) is 0 Å². The van der Waals surface area contributed by atoms with Gasteiger partial charge >= 0.3 is 0 Å². The summed E-state index contributed by atoms with van der Waals surface area (Å²) in [5.41, 5.74) is 0. The lowest BCUT2D eigenvalue weighted by molar-refractivity contribution is -0.106. The molecule has 1 saturated carbocycles. The van der Waals surface area contributed by atoms with Gasteiger partial charge in [0.15, 0.2) is 6.29 Å². The zero-order chi connectivity index (χ0) is 11.3. The van der Waals surface area contributed by atoms with Crippen LogP contribution in [0.15, 0.2) is 0 Å². The highest BCUT2D eigenvalue weighted by molar-refractivity contribution is 4.82. The number of aliphatic hydroxyl groups excluding tert-OH is 2. The molecule has 0 saturated heterocycles. The van der Waals surface area contributed by atoms with Crippen molar-refractivity contribution in [3.05, 3.63) is 0 Å². The summed E-state index contributed by atoms with van der Waals surface area (Å²) >= 11 is 0. The van der Waals surface area contributed by atoms with E-state index in [1.165, 1.54) is 0 Å². The minimum absolute atomic E-state index is 0.291. The van der Waals surface area contributed by atoms with Gasteiger partial charge in [-0.2, -0.15) is 0 Å². The monoisotopic (exact) mass is 216 g/mol. The van der Waals surface area contributed by atoms with Crippen molar-refractivity contribution in [1.29, 1.82) is 0 Å². The summed E-state index contributed by atoms with van der Waals surface area (Å²) in [5.74, 6) is 1.59. The summed E-state index contributed by atoms with van der Waals surface area (Å²) in [5, 5.41) is 18.8. The summed E-state index contributed by atoms with van der Waals surface area (Å²) in [6, 6.07) is 0. The minimum atomic E-state index is -0.616. The average Bonchev–Trinajstić information content (AvgIpc) is 2.60. The summed E-state index contributed by atoms with van der Waals surface area (Å²) in [6.45, 7) is 4.92. The van der Waals surface area contributed by atoms with E-state index in [1.54, 1.807) is 0 Å². The van der Waals surface area contributed by atoms with E-state index in [0.717, 1.165) is 25.7 Å². The molecule has 0 aromatic carbocycles. The van der Waals surface area contributed by atoms with Crippen LogP contribution in [-0.2, 0) is 4.74 Å². The van der Waals surface area contributed by atoms with E-state index in [2.05, 4.69) is 6.92 Å². The Bertz CT molecular complexity index is 160. The quantitative estimate of drug-likeness (QED) is 0.665. The second-order valence-electron chi connectivity index (χ2n) is 4.59. The normalized spacial score (nSPS) is 33.2. The smallest absolute Gasteiger partial charge is 0.154 e. The fourth-order valence-corrected chi connectivity index (χ4v) is 2.80. The van der Waals surface area contributed by atoms with Crippen molar-refractivity contribution in [1.82, 2.24) is 0 Å². The fourth-order valence-electron chi connectivity index (χ4n) is 2.80. The van der Waals surface area contributed by atoms with Crippen molar-refractivity contribution in [3.63, 3.8) is 0 Å². The number of aliphatic hydroxyl groups is 2. The molecule has 0 radical (unpaired) electrons. The maximum atomic E-state index is 9.54. The van der Waals surface area contributed by atoms with Gasteiger partial charge < -0.3 is 14.9 Å². The summed E-state index contributed by atoms with van der Waals surface area (Å²) in [4.78, 5) is 0. The van der Waals surface area contributed by atoms with Crippen molar-refractivity contribution in [2.24, 2.45) is 17.8 Å². The third-order valence-corrected chi connectivity index (χ3v) is 3.59. The predicted octanol–water partition coefficient (Wildman–Crippen LogP) is 1.78. The highest BCUT2D eigenvalue weighted by Gasteiger charge is 2.33. The highest BCUT2D eigenvalue weighted by atomic mass is 16.6. The van der Waals surface area contributed by atoms with Gasteiger partial charge in [0.05, 0.1) is 0 Å². The lowest BCUT2D eigenvalue weighted by Crippen LogP contribution is -2.16. The molecule has 1 unspecified atom stereocenters. The molecule has 90 valence electrons. The average molecular weight is 216 g/mol. The number of hydrogen-bond acceptors (Lipinski definition) is 3. The first-order valence-corrected chi connectivity index (χ1v) is 6.11. The molecule has 1 fully saturated rings. The van der Waals surface area contributed by atoms with Gasteiger partial charge in [-0.15, -0.1) is 0 Å². The molecule has 0 aromatic rings. The maximum absolute atomic E-state index is 9.54. The molecular formula is C12H24O3. The molecule has 0 aliphatic heterocycles. The minimum Gasteiger partial charge on any atom is -0.396 e. The van der Waals surface area contributed by atoms with Crippen molar-refractivity contribution in [3.8, 4) is 0 Å². The van der Waals surface area contributed by atoms with Crippen LogP contribution in [0.5, 0.6) is 0 Å². The van der Waals surface area contributed by atoms with Gasteiger partial charge in [-0.25, -0.2) is 0 Å². The molecule has 2 N–H and O–H groups in total. The summed E-state index contributed by atoms with van der Waals surface area (Å²) in [6.07, 6.45) is 3.41. The van der Waals surface area contributed by atoms with Crippen molar-refractivity contribution < 1.29 is 14.9 Å². The van der Waals surface area contributed by atoms with Crippen LogP contribution in [0.2, 0.25) is 0 Å². The van der Waals surface area contributed by atoms with Gasteiger partial charge in [0.25, 0.3) is 0 Å². The molecule has 0 heterocycles. The second-order valence-corrected chi connectivity index (χ2v) is 4.59. The number of hydrogen-bond donors (Lipinski definition) is 2. The van der Waals surface area contributed by atoms with E-state index in [4.69, 9.17) is 4.74 Å². The Kier molecular flexibility index (Phi) is 5.58. The van der Waals surface area contributed by atoms with Crippen LogP contribution in [0.1, 0.15) is 39.5 Å². The summed E-state index contributed by atoms with van der Waals surface area (Å²) < 4.78 is 5.13. The Morgan fingerprint density at radius 1 is 1.27 bits per heavy atom. The second kappa shape index (κ2) is 6.46. The molecule has 3 heteroatoms. The van der Waals surface area contributed by atoms with Gasteiger partial charge in [-0.3, -0.25) is 0 Å². The van der Waals surface area contributed by atoms with E-state index in [1.807, 2.05) is 6.92 Å². The molecule has 0 amide bonds. The van der Waals surface area contributed by atoms with Crippen molar-refractivity contribution >= 4 is 0 Å². The largest absolute Gasteiger partial charge is 0.396 e. The van der Waals surface area contributed by atoms with Crippen LogP contribution >= 0.6 is 0 Å². The van der Waals surface area contributed by atoms with E-state index >= 15 is 0 Å². The van der Waals surface area contributed by atoms with E-state index < -0.39 is 6.29 Å². The molecule has 1 rings (SSSR count). The lowest BCUT2D eigenvalue weighted by atomic mass is 9.95. The first-order chi connectivity index (χ1) is 7.21. The Morgan fingerprint density at radius 2 is 1.93 bits per heavy atom. The highest BCUT2D eigenvalue weighted by Crippen LogP contribution is 2.40. The zero-order valence-corrected chi connectivity index (χ0v) is 9.85. The van der Waals surface area contributed by atoms with Crippen molar-refractivity contribution in [2.75, 3.05) is 13.2 Å². The fraction of sp³-hybridized carbons (Fsp3) is 1.00. The van der Waals surface area contributed by atoms with Gasteiger partial charge in [-0.05, 0) is 37.5 Å². The van der Waals surface area contributed by atoms with Gasteiger partial charge in [0, 0.05) is 19.6 Å². The maximum Gasteiger partial charge on any atom is 0.154 e. The van der Waals surface area contributed by atoms with Crippen LogP contribution in [0.4, 0.5) is 0 Å². The van der Waals surface area contributed by atoms with Crippen LogP contribution in [-0.4, -0.2) is 29.7 Å². The van der Waals surface area contributed by atoms with Crippen LogP contribution in [0.3, 0.4) is 0 Å². The van der Waals surface area contributed by atoms with Gasteiger partial charge in [0.1, 0.15) is 0 Å². The molecule has 0 bridgehead atoms. The van der Waals surface area contributed by atoms with Crippen molar-refractivity contribution in [2.45, 2.75) is 45.8 Å². The number of rotatable bonds is 6. The molecule has 15 heavy (non-hydrogen) atoms. The van der Waals surface area contributed by atoms with E-state index in [9.17, 15) is 10.2 Å². The molecule has 1 aliphatic carbocycles. The molecular weight excluding hydrogens is 192 g/mol. The van der Waals surface area contributed by atoms with Gasteiger partial charge in [-0.1, -0.05) is 13.3 Å². The van der Waals surface area contributed by atoms with Gasteiger partial charge in [0.2, 0.25) is 0 Å². The zero-order valence-electron chi connectivity index (χ0n) is 9.85. The Balaban J connectivity index is 2.33. The Morgan fingerprint density at radius 3 is 2.40 bits per heavy atom. The van der Waals surface area contributed by atoms with Crippen LogP contribution in [0, 0.1) is 17.8 Å². The van der Waals surface area contributed by atoms with E-state index in [0.29, 0.717) is 31.0 Å².